The van der Waals surface area contributed by atoms with Crippen molar-refractivity contribution in [2.45, 2.75) is 38.5 Å². The van der Waals surface area contributed by atoms with Gasteiger partial charge in [0.15, 0.2) is 0 Å². The van der Waals surface area contributed by atoms with Gasteiger partial charge in [0.05, 0.1) is 13.1 Å². The quantitative estimate of drug-likeness (QED) is 0.672. The number of nitrogens with zero attached hydrogens (tertiary/aromatic N) is 5. The first-order chi connectivity index (χ1) is 11.8. The highest BCUT2D eigenvalue weighted by Crippen LogP contribution is 2.30. The van der Waals surface area contributed by atoms with Gasteiger partial charge in [0, 0.05) is 44.4 Å². The standard InChI is InChI=1S/C19H23N5/c1-22-12-10-20-19(22)15-23(18-7-8-18)13-16-5-2-3-6-17(16)14-24-11-4-9-21-24/h2-6,9-12,18H,7-8,13-15H2,1H3. The highest BCUT2D eigenvalue weighted by Gasteiger charge is 2.30. The molecule has 3 aromatic rings. The number of aromatic nitrogens is 4. The molecule has 0 N–H and O–H groups in total. The fourth-order valence-corrected chi connectivity index (χ4v) is 3.14. The largest absolute Gasteiger partial charge is 0.337 e. The van der Waals surface area contributed by atoms with Crippen LogP contribution in [0.3, 0.4) is 0 Å². The Morgan fingerprint density at radius 2 is 1.88 bits per heavy atom. The predicted molar refractivity (Wildman–Crippen MR) is 93.2 cm³/mol. The maximum absolute atomic E-state index is 4.50. The van der Waals surface area contributed by atoms with E-state index < -0.39 is 0 Å². The molecule has 1 aromatic carbocycles. The Morgan fingerprint density at radius 3 is 2.54 bits per heavy atom. The SMILES string of the molecule is Cn1ccnc1CN(Cc1ccccc1Cn1cccn1)C1CC1. The first kappa shape index (κ1) is 15.1. The van der Waals surface area contributed by atoms with E-state index in [1.807, 2.05) is 35.5 Å². The minimum absolute atomic E-state index is 0.694. The third-order valence-electron chi connectivity index (χ3n) is 4.71. The Labute approximate surface area is 142 Å². The summed E-state index contributed by atoms with van der Waals surface area (Å²) in [6.45, 7) is 2.70. The van der Waals surface area contributed by atoms with Gasteiger partial charge in [0.2, 0.25) is 0 Å². The zero-order valence-corrected chi connectivity index (χ0v) is 14.0. The molecule has 0 bridgehead atoms. The Balaban J connectivity index is 1.53. The summed E-state index contributed by atoms with van der Waals surface area (Å²) < 4.78 is 4.10. The minimum atomic E-state index is 0.694. The van der Waals surface area contributed by atoms with Crippen molar-refractivity contribution in [1.29, 1.82) is 0 Å². The number of imidazole rings is 1. The molecule has 5 nitrogen and oxygen atoms in total. The van der Waals surface area contributed by atoms with E-state index in [-0.39, 0.29) is 0 Å². The van der Waals surface area contributed by atoms with Crippen LogP contribution in [-0.2, 0) is 26.7 Å². The van der Waals surface area contributed by atoms with Crippen molar-refractivity contribution in [1.82, 2.24) is 24.2 Å². The second-order valence-corrected chi connectivity index (χ2v) is 6.56. The highest BCUT2D eigenvalue weighted by atomic mass is 15.3. The second-order valence-electron chi connectivity index (χ2n) is 6.56. The van der Waals surface area contributed by atoms with Crippen molar-refractivity contribution < 1.29 is 0 Å². The topological polar surface area (TPSA) is 38.9 Å². The molecule has 0 aliphatic heterocycles. The molecule has 1 aliphatic carbocycles. The lowest BCUT2D eigenvalue weighted by molar-refractivity contribution is 0.236. The van der Waals surface area contributed by atoms with Crippen LogP contribution >= 0.6 is 0 Å². The highest BCUT2D eigenvalue weighted by molar-refractivity contribution is 5.27. The van der Waals surface area contributed by atoms with Gasteiger partial charge in [-0.3, -0.25) is 9.58 Å². The smallest absolute Gasteiger partial charge is 0.122 e. The molecule has 1 saturated carbocycles. The number of aryl methyl sites for hydroxylation is 1. The van der Waals surface area contributed by atoms with Crippen LogP contribution in [0, 0.1) is 0 Å². The molecule has 0 amide bonds. The van der Waals surface area contributed by atoms with Crippen molar-refractivity contribution in [2.75, 3.05) is 0 Å². The fourth-order valence-electron chi connectivity index (χ4n) is 3.14. The molecule has 4 rings (SSSR count). The lowest BCUT2D eigenvalue weighted by Gasteiger charge is -2.23. The summed E-state index contributed by atoms with van der Waals surface area (Å²) in [7, 11) is 2.07. The van der Waals surface area contributed by atoms with Crippen LogP contribution in [0.15, 0.2) is 55.1 Å². The number of rotatable bonds is 7. The monoisotopic (exact) mass is 321 g/mol. The van der Waals surface area contributed by atoms with Crippen molar-refractivity contribution in [3.8, 4) is 0 Å². The third kappa shape index (κ3) is 3.41. The molecule has 5 heteroatoms. The van der Waals surface area contributed by atoms with Gasteiger partial charge in [-0.2, -0.15) is 5.10 Å². The summed E-state index contributed by atoms with van der Waals surface area (Å²) in [6.07, 6.45) is 10.3. The molecule has 124 valence electrons. The lowest BCUT2D eigenvalue weighted by atomic mass is 10.1. The fraction of sp³-hybridized carbons (Fsp3) is 0.368. The van der Waals surface area contributed by atoms with E-state index in [1.165, 1.54) is 24.0 Å². The molecule has 2 aromatic heterocycles. The van der Waals surface area contributed by atoms with Gasteiger partial charge in [-0.25, -0.2) is 4.98 Å². The molecule has 2 heterocycles. The maximum Gasteiger partial charge on any atom is 0.122 e. The molecule has 0 saturated heterocycles. The Bertz CT molecular complexity index is 786. The van der Waals surface area contributed by atoms with Gasteiger partial charge in [-0.1, -0.05) is 24.3 Å². The number of hydrogen-bond donors (Lipinski definition) is 0. The van der Waals surface area contributed by atoms with Crippen molar-refractivity contribution in [3.63, 3.8) is 0 Å². The summed E-state index contributed by atoms with van der Waals surface area (Å²) in [5, 5.41) is 4.34. The third-order valence-corrected chi connectivity index (χ3v) is 4.71. The lowest BCUT2D eigenvalue weighted by Crippen LogP contribution is -2.27. The first-order valence-electron chi connectivity index (χ1n) is 8.54. The second kappa shape index (κ2) is 6.61. The van der Waals surface area contributed by atoms with Gasteiger partial charge in [-0.05, 0) is 30.0 Å². The van der Waals surface area contributed by atoms with Crippen molar-refractivity contribution in [2.24, 2.45) is 7.05 Å². The van der Waals surface area contributed by atoms with E-state index in [4.69, 9.17) is 0 Å². The van der Waals surface area contributed by atoms with Crippen LogP contribution in [0.2, 0.25) is 0 Å². The summed E-state index contributed by atoms with van der Waals surface area (Å²) in [6, 6.07) is 11.4. The van der Waals surface area contributed by atoms with Crippen LogP contribution in [-0.4, -0.2) is 30.3 Å². The molecule has 24 heavy (non-hydrogen) atoms. The van der Waals surface area contributed by atoms with Crippen LogP contribution in [0.1, 0.15) is 29.8 Å². The molecule has 0 atom stereocenters. The van der Waals surface area contributed by atoms with Crippen LogP contribution in [0.25, 0.3) is 0 Å². The maximum atomic E-state index is 4.50. The van der Waals surface area contributed by atoms with Gasteiger partial charge in [0.25, 0.3) is 0 Å². The first-order valence-corrected chi connectivity index (χ1v) is 8.54. The molecule has 0 radical (unpaired) electrons. The Morgan fingerprint density at radius 1 is 1.04 bits per heavy atom. The number of hydrogen-bond acceptors (Lipinski definition) is 3. The van der Waals surface area contributed by atoms with E-state index >= 15 is 0 Å². The van der Waals surface area contributed by atoms with Gasteiger partial charge < -0.3 is 4.57 Å². The normalized spacial score (nSPS) is 14.4. The average Bonchev–Trinajstić information content (AvgIpc) is 3.17. The van der Waals surface area contributed by atoms with Crippen LogP contribution in [0.5, 0.6) is 0 Å². The average molecular weight is 321 g/mol. The van der Waals surface area contributed by atoms with E-state index in [1.54, 1.807) is 0 Å². The Kier molecular flexibility index (Phi) is 4.17. The summed E-state index contributed by atoms with van der Waals surface area (Å²) >= 11 is 0. The number of benzene rings is 1. The molecule has 0 unspecified atom stereocenters. The van der Waals surface area contributed by atoms with Crippen molar-refractivity contribution in [3.05, 3.63) is 72.1 Å². The summed E-state index contributed by atoms with van der Waals surface area (Å²) in [4.78, 5) is 7.06. The minimum Gasteiger partial charge on any atom is -0.337 e. The van der Waals surface area contributed by atoms with Crippen LogP contribution < -0.4 is 0 Å². The van der Waals surface area contributed by atoms with E-state index in [2.05, 4.69) is 50.9 Å². The van der Waals surface area contributed by atoms with E-state index in [0.717, 1.165) is 25.5 Å². The van der Waals surface area contributed by atoms with Gasteiger partial charge in [-0.15, -0.1) is 0 Å². The summed E-state index contributed by atoms with van der Waals surface area (Å²) in [5.41, 5.74) is 2.72. The zero-order valence-electron chi connectivity index (χ0n) is 14.0. The van der Waals surface area contributed by atoms with Gasteiger partial charge in [0.1, 0.15) is 5.82 Å². The van der Waals surface area contributed by atoms with E-state index in [0.29, 0.717) is 6.04 Å². The van der Waals surface area contributed by atoms with E-state index in [9.17, 15) is 0 Å². The summed E-state index contributed by atoms with van der Waals surface area (Å²) in [5.74, 6) is 1.13. The zero-order chi connectivity index (χ0) is 16.4. The molecular formula is C19H23N5. The molecule has 1 aliphatic rings. The van der Waals surface area contributed by atoms with Crippen molar-refractivity contribution >= 4 is 0 Å². The molecular weight excluding hydrogens is 298 g/mol. The Hall–Kier alpha value is -2.40. The molecule has 0 spiro atoms. The van der Waals surface area contributed by atoms with Gasteiger partial charge >= 0.3 is 0 Å². The molecule has 1 fully saturated rings. The van der Waals surface area contributed by atoms with Crippen LogP contribution in [0.4, 0.5) is 0 Å². The predicted octanol–water partition coefficient (Wildman–Crippen LogP) is 2.83.